The molecule has 0 saturated carbocycles. The summed E-state index contributed by atoms with van der Waals surface area (Å²) in [4.78, 5) is 0. The van der Waals surface area contributed by atoms with Gasteiger partial charge in [0.2, 0.25) is 0 Å². The van der Waals surface area contributed by atoms with Gasteiger partial charge in [-0.2, -0.15) is 0 Å². The highest BCUT2D eigenvalue weighted by Gasteiger charge is 1.95. The SMILES string of the molecule is CC(C)=C/C=C\c1ccc(Cl)cc1Cl. The van der Waals surface area contributed by atoms with Gasteiger partial charge in [-0.05, 0) is 31.5 Å². The smallest absolute Gasteiger partial charge is 0.0493 e. The van der Waals surface area contributed by atoms with E-state index in [-0.39, 0.29) is 0 Å². The standard InChI is InChI=1S/C12H12Cl2/c1-9(2)4-3-5-10-6-7-11(13)8-12(10)14/h3-8H,1-2H3/b5-3-. The Bertz CT molecular complexity index is 372. The summed E-state index contributed by atoms with van der Waals surface area (Å²) >= 11 is 11.8. The zero-order valence-corrected chi connectivity index (χ0v) is 9.73. The lowest BCUT2D eigenvalue weighted by Crippen LogP contribution is -1.74. The molecule has 0 amide bonds. The Morgan fingerprint density at radius 2 is 1.93 bits per heavy atom. The fourth-order valence-electron chi connectivity index (χ4n) is 0.981. The molecule has 0 radical (unpaired) electrons. The molecular formula is C12H12Cl2. The summed E-state index contributed by atoms with van der Waals surface area (Å²) < 4.78 is 0. The van der Waals surface area contributed by atoms with Crippen molar-refractivity contribution in [2.24, 2.45) is 0 Å². The molecule has 0 aliphatic carbocycles. The van der Waals surface area contributed by atoms with Gasteiger partial charge >= 0.3 is 0 Å². The van der Waals surface area contributed by atoms with E-state index in [0.717, 1.165) is 5.56 Å². The fraction of sp³-hybridized carbons (Fsp3) is 0.167. The molecule has 14 heavy (non-hydrogen) atoms. The molecule has 0 aliphatic rings. The Labute approximate surface area is 94.8 Å². The molecule has 0 unspecified atom stereocenters. The Morgan fingerprint density at radius 1 is 1.21 bits per heavy atom. The number of rotatable bonds is 2. The van der Waals surface area contributed by atoms with E-state index in [1.54, 1.807) is 6.07 Å². The van der Waals surface area contributed by atoms with Crippen LogP contribution in [0, 0.1) is 0 Å². The molecule has 0 atom stereocenters. The van der Waals surface area contributed by atoms with Gasteiger partial charge in [0, 0.05) is 10.0 Å². The van der Waals surface area contributed by atoms with Crippen LogP contribution in [0.2, 0.25) is 10.0 Å². The van der Waals surface area contributed by atoms with Gasteiger partial charge in [-0.25, -0.2) is 0 Å². The molecule has 1 rings (SSSR count). The topological polar surface area (TPSA) is 0 Å². The minimum atomic E-state index is 0.661. The quantitative estimate of drug-likeness (QED) is 0.625. The first-order valence-electron chi connectivity index (χ1n) is 4.36. The van der Waals surface area contributed by atoms with Crippen molar-refractivity contribution in [3.05, 3.63) is 51.5 Å². The van der Waals surface area contributed by atoms with E-state index in [9.17, 15) is 0 Å². The molecule has 0 saturated heterocycles. The Hall–Kier alpha value is -0.720. The van der Waals surface area contributed by atoms with Gasteiger partial charge in [0.1, 0.15) is 0 Å². The third kappa shape index (κ3) is 3.57. The summed E-state index contributed by atoms with van der Waals surface area (Å²) in [5.41, 5.74) is 2.24. The first-order valence-corrected chi connectivity index (χ1v) is 5.12. The van der Waals surface area contributed by atoms with Crippen molar-refractivity contribution in [2.45, 2.75) is 13.8 Å². The van der Waals surface area contributed by atoms with Crippen molar-refractivity contribution in [2.75, 3.05) is 0 Å². The van der Waals surface area contributed by atoms with E-state index in [1.807, 2.05) is 44.2 Å². The van der Waals surface area contributed by atoms with Gasteiger partial charge in [-0.3, -0.25) is 0 Å². The lowest BCUT2D eigenvalue weighted by Gasteiger charge is -1.97. The van der Waals surface area contributed by atoms with Crippen molar-refractivity contribution in [1.29, 1.82) is 0 Å². The maximum atomic E-state index is 5.99. The molecular weight excluding hydrogens is 215 g/mol. The summed E-state index contributed by atoms with van der Waals surface area (Å²) in [6, 6.07) is 5.47. The van der Waals surface area contributed by atoms with Crippen molar-refractivity contribution in [3.63, 3.8) is 0 Å². The van der Waals surface area contributed by atoms with E-state index < -0.39 is 0 Å². The van der Waals surface area contributed by atoms with Crippen molar-refractivity contribution < 1.29 is 0 Å². The highest BCUT2D eigenvalue weighted by Crippen LogP contribution is 2.21. The molecule has 0 aliphatic heterocycles. The number of hydrogen-bond donors (Lipinski definition) is 0. The predicted octanol–water partition coefficient (Wildman–Crippen LogP) is 4.97. The zero-order valence-electron chi connectivity index (χ0n) is 8.22. The van der Waals surface area contributed by atoms with Crippen molar-refractivity contribution >= 4 is 29.3 Å². The second kappa shape index (κ2) is 5.23. The fourth-order valence-corrected chi connectivity index (χ4v) is 1.45. The molecule has 2 heteroatoms. The highest BCUT2D eigenvalue weighted by atomic mass is 35.5. The van der Waals surface area contributed by atoms with Crippen LogP contribution in [0.1, 0.15) is 19.4 Å². The molecule has 0 spiro atoms. The van der Waals surface area contributed by atoms with Crippen LogP contribution in [0.15, 0.2) is 35.9 Å². The van der Waals surface area contributed by atoms with E-state index in [1.165, 1.54) is 5.57 Å². The summed E-state index contributed by atoms with van der Waals surface area (Å²) in [6.45, 7) is 4.10. The minimum absolute atomic E-state index is 0.661. The molecule has 1 aromatic rings. The van der Waals surface area contributed by atoms with Crippen molar-refractivity contribution in [3.8, 4) is 0 Å². The summed E-state index contributed by atoms with van der Waals surface area (Å²) in [5.74, 6) is 0. The van der Waals surface area contributed by atoms with Gasteiger partial charge in [-0.15, -0.1) is 0 Å². The predicted molar refractivity (Wildman–Crippen MR) is 64.9 cm³/mol. The monoisotopic (exact) mass is 226 g/mol. The van der Waals surface area contributed by atoms with Gasteiger partial charge in [0.05, 0.1) is 0 Å². The minimum Gasteiger partial charge on any atom is -0.0843 e. The van der Waals surface area contributed by atoms with E-state index in [0.29, 0.717) is 10.0 Å². The zero-order chi connectivity index (χ0) is 10.6. The number of allylic oxidation sites excluding steroid dienone is 3. The summed E-state index contributed by atoms with van der Waals surface area (Å²) in [7, 11) is 0. The average Bonchev–Trinajstić information content (AvgIpc) is 2.08. The first-order chi connectivity index (χ1) is 6.59. The molecule has 1 aromatic carbocycles. The van der Waals surface area contributed by atoms with Crippen LogP contribution in [0.25, 0.3) is 6.08 Å². The van der Waals surface area contributed by atoms with Crippen LogP contribution < -0.4 is 0 Å². The van der Waals surface area contributed by atoms with Crippen LogP contribution in [-0.2, 0) is 0 Å². The van der Waals surface area contributed by atoms with Gasteiger partial charge in [0.25, 0.3) is 0 Å². The van der Waals surface area contributed by atoms with E-state index >= 15 is 0 Å². The lowest BCUT2D eigenvalue weighted by atomic mass is 10.2. The summed E-state index contributed by atoms with van der Waals surface area (Å²) in [5, 5.41) is 1.34. The molecule has 0 fully saturated rings. The van der Waals surface area contributed by atoms with Crippen LogP contribution in [0.5, 0.6) is 0 Å². The highest BCUT2D eigenvalue weighted by molar-refractivity contribution is 6.35. The molecule has 0 heterocycles. The maximum Gasteiger partial charge on any atom is 0.0493 e. The average molecular weight is 227 g/mol. The van der Waals surface area contributed by atoms with Gasteiger partial charge in [0.15, 0.2) is 0 Å². The molecule has 0 bridgehead atoms. The lowest BCUT2D eigenvalue weighted by molar-refractivity contribution is 1.40. The van der Waals surface area contributed by atoms with Crippen LogP contribution >= 0.6 is 23.2 Å². The Balaban J connectivity index is 2.87. The maximum absolute atomic E-state index is 5.99. The van der Waals surface area contributed by atoms with Gasteiger partial charge in [-0.1, -0.05) is 53.1 Å². The second-order valence-electron chi connectivity index (χ2n) is 3.27. The molecule has 0 N–H and O–H groups in total. The van der Waals surface area contributed by atoms with E-state index in [4.69, 9.17) is 23.2 Å². The number of hydrogen-bond acceptors (Lipinski definition) is 0. The Kier molecular flexibility index (Phi) is 4.24. The van der Waals surface area contributed by atoms with E-state index in [2.05, 4.69) is 0 Å². The Morgan fingerprint density at radius 3 is 2.50 bits per heavy atom. The largest absolute Gasteiger partial charge is 0.0843 e. The van der Waals surface area contributed by atoms with Crippen LogP contribution in [0.4, 0.5) is 0 Å². The third-order valence-electron chi connectivity index (χ3n) is 1.67. The first kappa shape index (κ1) is 11.4. The molecule has 74 valence electrons. The molecule has 0 nitrogen and oxygen atoms in total. The van der Waals surface area contributed by atoms with Crippen molar-refractivity contribution in [1.82, 2.24) is 0 Å². The van der Waals surface area contributed by atoms with Gasteiger partial charge < -0.3 is 0 Å². The number of halogens is 2. The normalized spacial score (nSPS) is 10.6. The molecule has 0 aromatic heterocycles. The third-order valence-corrected chi connectivity index (χ3v) is 2.23. The number of benzene rings is 1. The van der Waals surface area contributed by atoms with Crippen LogP contribution in [-0.4, -0.2) is 0 Å². The second-order valence-corrected chi connectivity index (χ2v) is 4.11. The summed E-state index contributed by atoms with van der Waals surface area (Å²) in [6.07, 6.45) is 5.97. The van der Waals surface area contributed by atoms with Crippen LogP contribution in [0.3, 0.4) is 0 Å².